The van der Waals surface area contributed by atoms with Crippen LogP contribution in [0, 0.1) is 5.92 Å². The van der Waals surface area contributed by atoms with Crippen LogP contribution < -0.4 is 5.32 Å². The van der Waals surface area contributed by atoms with Gasteiger partial charge in [-0.3, -0.25) is 0 Å². The van der Waals surface area contributed by atoms with Crippen molar-refractivity contribution in [2.24, 2.45) is 5.92 Å². The van der Waals surface area contributed by atoms with Gasteiger partial charge in [0, 0.05) is 6.42 Å². The fourth-order valence-corrected chi connectivity index (χ4v) is 1.03. The van der Waals surface area contributed by atoms with Crippen molar-refractivity contribution in [3.8, 4) is 0 Å². The van der Waals surface area contributed by atoms with E-state index in [-0.39, 0.29) is 0 Å². The number of hydrogen-bond acceptors (Lipinski definition) is 4. The Morgan fingerprint density at radius 1 is 1.46 bits per heavy atom. The van der Waals surface area contributed by atoms with E-state index in [0.717, 1.165) is 24.7 Å². The largest absolute Gasteiger partial charge is 0.339 e. The normalized spacial score (nSPS) is 11.1. The van der Waals surface area contributed by atoms with Gasteiger partial charge in [-0.05, 0) is 12.5 Å². The van der Waals surface area contributed by atoms with Crippen LogP contribution in [0.1, 0.15) is 32.5 Å². The van der Waals surface area contributed by atoms with Gasteiger partial charge in [-0.15, -0.1) is 0 Å². The SMILES string of the molecule is CCNCc1noc(CC(C)C)n1. The molecular formula is C9H17N3O. The van der Waals surface area contributed by atoms with Crippen LogP contribution in [0.5, 0.6) is 0 Å². The first kappa shape index (κ1) is 10.2. The van der Waals surface area contributed by atoms with Crippen molar-refractivity contribution < 1.29 is 4.52 Å². The zero-order valence-electron chi connectivity index (χ0n) is 8.50. The Labute approximate surface area is 78.7 Å². The number of nitrogens with one attached hydrogen (secondary N) is 1. The first-order valence-electron chi connectivity index (χ1n) is 4.74. The Balaban J connectivity index is 2.44. The summed E-state index contributed by atoms with van der Waals surface area (Å²) < 4.78 is 5.07. The fourth-order valence-electron chi connectivity index (χ4n) is 1.03. The predicted octanol–water partition coefficient (Wildman–Crippen LogP) is 1.38. The topological polar surface area (TPSA) is 51.0 Å². The second-order valence-electron chi connectivity index (χ2n) is 3.48. The summed E-state index contributed by atoms with van der Waals surface area (Å²) in [6.45, 7) is 7.93. The van der Waals surface area contributed by atoms with E-state index in [9.17, 15) is 0 Å². The first-order chi connectivity index (χ1) is 6.22. The Morgan fingerprint density at radius 2 is 2.23 bits per heavy atom. The molecule has 1 heterocycles. The van der Waals surface area contributed by atoms with Gasteiger partial charge in [0.25, 0.3) is 0 Å². The molecule has 0 radical (unpaired) electrons. The molecule has 0 unspecified atom stereocenters. The average Bonchev–Trinajstić information content (AvgIpc) is 2.48. The van der Waals surface area contributed by atoms with Crippen molar-refractivity contribution in [3.63, 3.8) is 0 Å². The van der Waals surface area contributed by atoms with E-state index in [0.29, 0.717) is 12.5 Å². The van der Waals surface area contributed by atoms with Gasteiger partial charge in [0.2, 0.25) is 5.89 Å². The van der Waals surface area contributed by atoms with Gasteiger partial charge in [-0.2, -0.15) is 4.98 Å². The lowest BCUT2D eigenvalue weighted by Crippen LogP contribution is -2.12. The van der Waals surface area contributed by atoms with E-state index in [2.05, 4.69) is 36.2 Å². The van der Waals surface area contributed by atoms with E-state index in [1.54, 1.807) is 0 Å². The molecule has 0 fully saturated rings. The van der Waals surface area contributed by atoms with Gasteiger partial charge in [0.15, 0.2) is 5.82 Å². The summed E-state index contributed by atoms with van der Waals surface area (Å²) in [6.07, 6.45) is 0.860. The van der Waals surface area contributed by atoms with E-state index < -0.39 is 0 Å². The zero-order chi connectivity index (χ0) is 9.68. The van der Waals surface area contributed by atoms with Crippen molar-refractivity contribution in [2.45, 2.75) is 33.7 Å². The van der Waals surface area contributed by atoms with Gasteiger partial charge in [-0.25, -0.2) is 0 Å². The number of aromatic nitrogens is 2. The van der Waals surface area contributed by atoms with Crippen LogP contribution in [-0.4, -0.2) is 16.7 Å². The predicted molar refractivity (Wildman–Crippen MR) is 50.2 cm³/mol. The molecule has 0 amide bonds. The Kier molecular flexibility index (Phi) is 3.89. The molecule has 0 saturated carbocycles. The molecule has 0 atom stereocenters. The summed E-state index contributed by atoms with van der Waals surface area (Å²) in [5.41, 5.74) is 0. The first-order valence-corrected chi connectivity index (χ1v) is 4.74. The standard InChI is InChI=1S/C9H17N3O/c1-4-10-6-8-11-9(13-12-8)5-7(2)3/h7,10H,4-6H2,1-3H3. The molecule has 1 rings (SSSR count). The lowest BCUT2D eigenvalue weighted by molar-refractivity contribution is 0.357. The lowest BCUT2D eigenvalue weighted by atomic mass is 10.1. The Hall–Kier alpha value is -0.900. The molecule has 0 saturated heterocycles. The van der Waals surface area contributed by atoms with Gasteiger partial charge < -0.3 is 9.84 Å². The highest BCUT2D eigenvalue weighted by atomic mass is 16.5. The highest BCUT2D eigenvalue weighted by Gasteiger charge is 2.06. The van der Waals surface area contributed by atoms with Gasteiger partial charge >= 0.3 is 0 Å². The minimum Gasteiger partial charge on any atom is -0.339 e. The van der Waals surface area contributed by atoms with Crippen LogP contribution in [-0.2, 0) is 13.0 Å². The van der Waals surface area contributed by atoms with Crippen molar-refractivity contribution in [2.75, 3.05) is 6.54 Å². The maximum Gasteiger partial charge on any atom is 0.226 e. The van der Waals surface area contributed by atoms with E-state index in [4.69, 9.17) is 4.52 Å². The fraction of sp³-hybridized carbons (Fsp3) is 0.778. The maximum atomic E-state index is 5.07. The Morgan fingerprint density at radius 3 is 2.85 bits per heavy atom. The van der Waals surface area contributed by atoms with Gasteiger partial charge in [0.05, 0.1) is 6.54 Å². The third-order valence-electron chi connectivity index (χ3n) is 1.63. The molecule has 0 aliphatic heterocycles. The molecule has 1 N–H and O–H groups in total. The van der Waals surface area contributed by atoms with Crippen LogP contribution in [0.25, 0.3) is 0 Å². The molecule has 13 heavy (non-hydrogen) atoms. The highest BCUT2D eigenvalue weighted by molar-refractivity contribution is 4.86. The third kappa shape index (κ3) is 3.55. The second kappa shape index (κ2) is 4.97. The lowest BCUT2D eigenvalue weighted by Gasteiger charge is -1.96. The van der Waals surface area contributed by atoms with Crippen molar-refractivity contribution >= 4 is 0 Å². The summed E-state index contributed by atoms with van der Waals surface area (Å²) in [7, 11) is 0. The summed E-state index contributed by atoms with van der Waals surface area (Å²) in [4.78, 5) is 4.25. The third-order valence-corrected chi connectivity index (χ3v) is 1.63. The quantitative estimate of drug-likeness (QED) is 0.749. The average molecular weight is 183 g/mol. The van der Waals surface area contributed by atoms with Crippen LogP contribution in [0.15, 0.2) is 4.52 Å². The number of hydrogen-bond donors (Lipinski definition) is 1. The number of rotatable bonds is 5. The molecule has 0 aromatic carbocycles. The molecule has 0 aliphatic rings. The Bertz CT molecular complexity index is 245. The van der Waals surface area contributed by atoms with E-state index >= 15 is 0 Å². The summed E-state index contributed by atoms with van der Waals surface area (Å²) >= 11 is 0. The molecule has 1 aromatic rings. The molecule has 0 spiro atoms. The minimum atomic E-state index is 0.562. The zero-order valence-corrected chi connectivity index (χ0v) is 8.50. The van der Waals surface area contributed by atoms with Crippen LogP contribution in [0.2, 0.25) is 0 Å². The minimum absolute atomic E-state index is 0.562. The van der Waals surface area contributed by atoms with Gasteiger partial charge in [0.1, 0.15) is 0 Å². The molecule has 1 aromatic heterocycles. The molecule has 0 bridgehead atoms. The smallest absolute Gasteiger partial charge is 0.226 e. The highest BCUT2D eigenvalue weighted by Crippen LogP contribution is 2.04. The van der Waals surface area contributed by atoms with Crippen molar-refractivity contribution in [3.05, 3.63) is 11.7 Å². The maximum absolute atomic E-state index is 5.07. The molecule has 4 nitrogen and oxygen atoms in total. The number of nitrogens with zero attached hydrogens (tertiary/aromatic N) is 2. The van der Waals surface area contributed by atoms with E-state index in [1.807, 2.05) is 0 Å². The molecular weight excluding hydrogens is 166 g/mol. The summed E-state index contributed by atoms with van der Waals surface area (Å²) in [5, 5.41) is 7.00. The second-order valence-corrected chi connectivity index (χ2v) is 3.48. The van der Waals surface area contributed by atoms with E-state index in [1.165, 1.54) is 0 Å². The van der Waals surface area contributed by atoms with Crippen LogP contribution >= 0.6 is 0 Å². The monoisotopic (exact) mass is 183 g/mol. The van der Waals surface area contributed by atoms with Crippen LogP contribution in [0.4, 0.5) is 0 Å². The molecule has 0 aliphatic carbocycles. The van der Waals surface area contributed by atoms with Crippen molar-refractivity contribution in [1.82, 2.24) is 15.5 Å². The molecule has 4 heteroatoms. The van der Waals surface area contributed by atoms with Crippen molar-refractivity contribution in [1.29, 1.82) is 0 Å². The van der Waals surface area contributed by atoms with Crippen LogP contribution in [0.3, 0.4) is 0 Å². The summed E-state index contributed by atoms with van der Waals surface area (Å²) in [6, 6.07) is 0. The molecule has 74 valence electrons. The summed E-state index contributed by atoms with van der Waals surface area (Å²) in [5.74, 6) is 2.05. The van der Waals surface area contributed by atoms with Gasteiger partial charge in [-0.1, -0.05) is 25.9 Å².